The largest absolute Gasteiger partial charge is 0.356 e. The highest BCUT2D eigenvalue weighted by atomic mass is 16.5. The van der Waals surface area contributed by atoms with Crippen LogP contribution < -0.4 is 21.8 Å². The molecule has 0 bridgehead atoms. The van der Waals surface area contributed by atoms with Crippen LogP contribution in [0.4, 0.5) is 0 Å². The summed E-state index contributed by atoms with van der Waals surface area (Å²) in [6, 6.07) is 0. The fourth-order valence-electron chi connectivity index (χ4n) is 3.53. The lowest BCUT2D eigenvalue weighted by Gasteiger charge is -2.15. The molecule has 8 N–H and O–H groups in total. The van der Waals surface area contributed by atoms with E-state index in [9.17, 15) is 39.6 Å². The maximum atomic E-state index is 12.0. The van der Waals surface area contributed by atoms with Gasteiger partial charge in [-0.1, -0.05) is 12.8 Å². The lowest BCUT2D eigenvalue weighted by Crippen LogP contribution is -2.38. The molecule has 40 heavy (non-hydrogen) atoms. The monoisotopic (exact) mass is 575 g/mol. The molecule has 0 aromatic heterocycles. The van der Waals surface area contributed by atoms with Crippen LogP contribution in [0.15, 0.2) is 0 Å². The fraction of sp³-hybridized carbons (Fsp3) is 0.800. The Balaban J connectivity index is 3.75. The lowest BCUT2D eigenvalue weighted by atomic mass is 10.2. The first-order chi connectivity index (χ1) is 19.1. The van der Waals surface area contributed by atoms with Crippen molar-refractivity contribution in [3.63, 3.8) is 0 Å². The summed E-state index contributed by atoms with van der Waals surface area (Å²) in [7, 11) is 0. The molecular formula is C25H49N7O8. The highest BCUT2D eigenvalue weighted by Gasteiger charge is 2.14. The van der Waals surface area contributed by atoms with Crippen LogP contribution in [0.5, 0.6) is 0 Å². The molecule has 0 radical (unpaired) electrons. The van der Waals surface area contributed by atoms with Gasteiger partial charge in [-0.05, 0) is 51.5 Å². The van der Waals surface area contributed by atoms with Gasteiger partial charge in [0.1, 0.15) is 0 Å². The molecule has 0 rings (SSSR count). The zero-order valence-electron chi connectivity index (χ0n) is 23.7. The topological polar surface area (TPSA) is 218 Å². The van der Waals surface area contributed by atoms with Crippen molar-refractivity contribution in [2.75, 3.05) is 39.3 Å². The Kier molecular flexibility index (Phi) is 22.3. The van der Waals surface area contributed by atoms with Gasteiger partial charge in [0.2, 0.25) is 29.5 Å². The Bertz CT molecular complexity index is 757. The van der Waals surface area contributed by atoms with E-state index in [4.69, 9.17) is 5.73 Å². The van der Waals surface area contributed by atoms with E-state index in [1.807, 2.05) is 0 Å². The third-order valence-corrected chi connectivity index (χ3v) is 5.81. The third kappa shape index (κ3) is 22.0. The van der Waals surface area contributed by atoms with E-state index in [1.165, 1.54) is 6.92 Å². The number of rotatable bonds is 24. The highest BCUT2D eigenvalue weighted by Crippen LogP contribution is 2.03. The molecule has 0 heterocycles. The maximum absolute atomic E-state index is 12.0. The summed E-state index contributed by atoms with van der Waals surface area (Å²) in [4.78, 5) is 58.3. The second kappa shape index (κ2) is 24.0. The Labute approximate surface area is 236 Å². The van der Waals surface area contributed by atoms with Gasteiger partial charge in [-0.3, -0.25) is 45.0 Å². The SMILES string of the molecule is CC(=O)NN(O)CCCCCNC(=O)CCC(=O)N(O)CCCCCNC(=O)CCC(=O)N(O)CCCCCN. The van der Waals surface area contributed by atoms with Gasteiger partial charge in [-0.2, -0.15) is 0 Å². The molecule has 0 unspecified atom stereocenters. The first kappa shape index (κ1) is 37.1. The maximum Gasteiger partial charge on any atom is 0.246 e. The number of hydrazine groups is 1. The summed E-state index contributed by atoms with van der Waals surface area (Å²) in [5, 5.41) is 36.3. The summed E-state index contributed by atoms with van der Waals surface area (Å²) in [6.45, 7) is 3.27. The van der Waals surface area contributed by atoms with E-state index in [0.29, 0.717) is 68.3 Å². The second-order valence-electron chi connectivity index (χ2n) is 9.50. The van der Waals surface area contributed by atoms with Gasteiger partial charge < -0.3 is 16.4 Å². The summed E-state index contributed by atoms with van der Waals surface area (Å²) < 4.78 is 0. The molecule has 0 saturated carbocycles. The van der Waals surface area contributed by atoms with Gasteiger partial charge in [0, 0.05) is 65.3 Å². The van der Waals surface area contributed by atoms with Crippen molar-refractivity contribution in [1.29, 1.82) is 0 Å². The number of unbranched alkanes of at least 4 members (excludes halogenated alkanes) is 6. The van der Waals surface area contributed by atoms with E-state index in [1.54, 1.807) is 0 Å². The quantitative estimate of drug-likeness (QED) is 0.0478. The molecule has 0 saturated heterocycles. The van der Waals surface area contributed by atoms with Gasteiger partial charge in [0.25, 0.3) is 0 Å². The Morgan fingerprint density at radius 1 is 0.600 bits per heavy atom. The molecule has 15 heteroatoms. The van der Waals surface area contributed by atoms with Crippen LogP contribution in [-0.2, 0) is 24.0 Å². The number of nitrogens with one attached hydrogen (secondary N) is 3. The average Bonchev–Trinajstić information content (AvgIpc) is 2.91. The molecule has 5 amide bonds. The van der Waals surface area contributed by atoms with E-state index in [0.717, 1.165) is 24.4 Å². The van der Waals surface area contributed by atoms with Crippen LogP contribution >= 0.6 is 0 Å². The molecule has 15 nitrogen and oxygen atoms in total. The minimum Gasteiger partial charge on any atom is -0.356 e. The normalized spacial score (nSPS) is 10.8. The zero-order valence-corrected chi connectivity index (χ0v) is 23.7. The zero-order chi connectivity index (χ0) is 30.2. The molecule has 0 aromatic rings. The number of hydrogen-bond acceptors (Lipinski definition) is 10. The van der Waals surface area contributed by atoms with Crippen molar-refractivity contribution >= 4 is 29.5 Å². The molecule has 0 atom stereocenters. The van der Waals surface area contributed by atoms with E-state index in [-0.39, 0.29) is 63.0 Å². The minimum atomic E-state index is -0.550. The van der Waals surface area contributed by atoms with Crippen LogP contribution in [0.3, 0.4) is 0 Å². The molecular weight excluding hydrogens is 526 g/mol. The Hall–Kier alpha value is -2.85. The first-order valence-electron chi connectivity index (χ1n) is 14.0. The van der Waals surface area contributed by atoms with Crippen LogP contribution in [0.25, 0.3) is 0 Å². The number of carbonyl (C=O) groups excluding carboxylic acids is 5. The summed E-state index contributed by atoms with van der Waals surface area (Å²) in [5.41, 5.74) is 7.61. The molecule has 0 aliphatic carbocycles. The Morgan fingerprint density at radius 3 is 1.45 bits per heavy atom. The number of nitrogens with zero attached hydrogens (tertiary/aromatic N) is 3. The van der Waals surface area contributed by atoms with Gasteiger partial charge in [-0.25, -0.2) is 10.1 Å². The van der Waals surface area contributed by atoms with Crippen molar-refractivity contribution in [2.45, 2.75) is 90.4 Å². The molecule has 0 fully saturated rings. The number of carbonyl (C=O) groups is 5. The Morgan fingerprint density at radius 2 is 1.02 bits per heavy atom. The van der Waals surface area contributed by atoms with Gasteiger partial charge >= 0.3 is 0 Å². The number of amides is 5. The second-order valence-corrected chi connectivity index (χ2v) is 9.50. The van der Waals surface area contributed by atoms with Gasteiger partial charge in [-0.15, -0.1) is 5.17 Å². The molecule has 0 aliphatic heterocycles. The average molecular weight is 576 g/mol. The standard InChI is InChI=1S/C25H49N7O8/c1-21(33)29-32(40)20-10-4-7-17-28-23(35)12-14-25(37)31(39)19-9-3-6-16-27-22(34)11-13-24(36)30(38)18-8-2-5-15-26/h38-40H,2-20,26H2,1H3,(H,27,34)(H,28,35)(H,29,33). The van der Waals surface area contributed by atoms with Crippen molar-refractivity contribution < 1.29 is 39.6 Å². The summed E-state index contributed by atoms with van der Waals surface area (Å²) in [5.74, 6) is -2.00. The smallest absolute Gasteiger partial charge is 0.246 e. The van der Waals surface area contributed by atoms with Gasteiger partial charge in [0.15, 0.2) is 0 Å². The predicted molar refractivity (Wildman–Crippen MR) is 144 cm³/mol. The van der Waals surface area contributed by atoms with E-state index in [2.05, 4.69) is 16.1 Å². The molecule has 232 valence electrons. The van der Waals surface area contributed by atoms with Crippen molar-refractivity contribution in [3.8, 4) is 0 Å². The highest BCUT2D eigenvalue weighted by molar-refractivity contribution is 5.83. The third-order valence-electron chi connectivity index (χ3n) is 5.81. The summed E-state index contributed by atoms with van der Waals surface area (Å²) >= 11 is 0. The van der Waals surface area contributed by atoms with Crippen molar-refractivity contribution in [2.24, 2.45) is 5.73 Å². The van der Waals surface area contributed by atoms with Crippen LogP contribution in [-0.4, -0.2) is 99.7 Å². The molecule has 0 aromatic carbocycles. The van der Waals surface area contributed by atoms with Crippen molar-refractivity contribution in [1.82, 2.24) is 31.4 Å². The van der Waals surface area contributed by atoms with E-state index < -0.39 is 11.8 Å². The number of hydrogen-bond donors (Lipinski definition) is 7. The van der Waals surface area contributed by atoms with Crippen molar-refractivity contribution in [3.05, 3.63) is 0 Å². The van der Waals surface area contributed by atoms with Gasteiger partial charge in [0.05, 0.1) is 0 Å². The first-order valence-corrected chi connectivity index (χ1v) is 14.0. The van der Waals surface area contributed by atoms with Crippen LogP contribution in [0.1, 0.15) is 90.4 Å². The van der Waals surface area contributed by atoms with Crippen LogP contribution in [0.2, 0.25) is 0 Å². The lowest BCUT2D eigenvalue weighted by molar-refractivity contribution is -0.166. The predicted octanol–water partition coefficient (Wildman–Crippen LogP) is 0.427. The molecule has 0 spiro atoms. The molecule has 0 aliphatic rings. The van der Waals surface area contributed by atoms with Crippen LogP contribution in [0, 0.1) is 0 Å². The summed E-state index contributed by atoms with van der Waals surface area (Å²) in [6.07, 6.45) is 5.85. The fourth-order valence-corrected chi connectivity index (χ4v) is 3.53. The van der Waals surface area contributed by atoms with E-state index >= 15 is 0 Å². The number of hydroxylamine groups is 5. The number of nitrogens with two attached hydrogens (primary N) is 1. The minimum absolute atomic E-state index is 0.0203.